The summed E-state index contributed by atoms with van der Waals surface area (Å²) in [6.07, 6.45) is -0.0746. The molecule has 0 radical (unpaired) electrons. The molecule has 0 heterocycles. The Morgan fingerprint density at radius 1 is 1.04 bits per heavy atom. The van der Waals surface area contributed by atoms with E-state index in [2.05, 4.69) is 10.0 Å². The molecule has 0 fully saturated rings. The van der Waals surface area contributed by atoms with Gasteiger partial charge in [0.1, 0.15) is 0 Å². The van der Waals surface area contributed by atoms with Crippen LogP contribution in [-0.2, 0) is 21.4 Å². The largest absolute Gasteiger partial charge is 0.352 e. The molecule has 2 N–H and O–H groups in total. The fraction of sp³-hybridized carbons (Fsp3) is 0.235. The molecule has 0 atom stereocenters. The fourth-order valence-corrected chi connectivity index (χ4v) is 3.06. The van der Waals surface area contributed by atoms with Crippen molar-refractivity contribution in [3.63, 3.8) is 0 Å². The first kappa shape index (κ1) is 19.0. The predicted octanol–water partition coefficient (Wildman–Crippen LogP) is 2.26. The molecule has 0 aromatic heterocycles. The molecule has 2 aromatic rings. The Hall–Kier alpha value is -2.32. The molecule has 0 bridgehead atoms. The van der Waals surface area contributed by atoms with Crippen molar-refractivity contribution in [2.45, 2.75) is 24.8 Å². The van der Waals surface area contributed by atoms with Crippen LogP contribution in [0.25, 0.3) is 0 Å². The van der Waals surface area contributed by atoms with Crippen LogP contribution in [0, 0.1) is 18.6 Å². The SMILES string of the molecule is Cc1ccc(CNC(=O)CCNS(=O)(=O)c2ccc(F)c(F)c2)cc1. The summed E-state index contributed by atoms with van der Waals surface area (Å²) in [6.45, 7) is 2.15. The number of nitrogens with one attached hydrogen (secondary N) is 2. The first-order valence-corrected chi connectivity index (χ1v) is 9.03. The van der Waals surface area contributed by atoms with Gasteiger partial charge in [-0.3, -0.25) is 4.79 Å². The third-order valence-corrected chi connectivity index (χ3v) is 4.91. The average molecular weight is 368 g/mol. The number of carbonyl (C=O) groups is 1. The van der Waals surface area contributed by atoms with Gasteiger partial charge < -0.3 is 5.32 Å². The predicted molar refractivity (Wildman–Crippen MR) is 89.2 cm³/mol. The van der Waals surface area contributed by atoms with E-state index in [4.69, 9.17) is 0 Å². The summed E-state index contributed by atoms with van der Waals surface area (Å²) in [5.74, 6) is -2.71. The number of halogens is 2. The summed E-state index contributed by atoms with van der Waals surface area (Å²) < 4.78 is 52.1. The lowest BCUT2D eigenvalue weighted by Crippen LogP contribution is -2.30. The Morgan fingerprint density at radius 2 is 1.72 bits per heavy atom. The van der Waals surface area contributed by atoms with Crippen LogP contribution < -0.4 is 10.0 Å². The number of aryl methyl sites for hydroxylation is 1. The smallest absolute Gasteiger partial charge is 0.240 e. The van der Waals surface area contributed by atoms with Crippen LogP contribution in [0.15, 0.2) is 47.4 Å². The number of carbonyl (C=O) groups excluding carboxylic acids is 1. The molecule has 2 aromatic carbocycles. The molecule has 0 saturated heterocycles. The molecular formula is C17H18F2N2O3S. The minimum Gasteiger partial charge on any atom is -0.352 e. The van der Waals surface area contributed by atoms with Crippen LogP contribution in [0.5, 0.6) is 0 Å². The molecule has 25 heavy (non-hydrogen) atoms. The van der Waals surface area contributed by atoms with Crippen LogP contribution >= 0.6 is 0 Å². The van der Waals surface area contributed by atoms with Gasteiger partial charge in [0.15, 0.2) is 11.6 Å². The quantitative estimate of drug-likeness (QED) is 0.787. The average Bonchev–Trinajstić information content (AvgIpc) is 2.56. The summed E-state index contributed by atoms with van der Waals surface area (Å²) >= 11 is 0. The summed E-state index contributed by atoms with van der Waals surface area (Å²) in [5, 5.41) is 2.68. The molecule has 0 aliphatic heterocycles. The maximum absolute atomic E-state index is 13.1. The molecule has 0 aliphatic rings. The molecule has 0 unspecified atom stereocenters. The Labute approximate surface area is 145 Å². The summed E-state index contributed by atoms with van der Waals surface area (Å²) in [5.41, 5.74) is 2.04. The third kappa shape index (κ3) is 5.61. The molecule has 5 nitrogen and oxygen atoms in total. The lowest BCUT2D eigenvalue weighted by atomic mass is 10.1. The van der Waals surface area contributed by atoms with Gasteiger partial charge in [-0.1, -0.05) is 29.8 Å². The molecule has 134 valence electrons. The number of benzene rings is 2. The minimum atomic E-state index is -4.00. The standard InChI is InChI=1S/C17H18F2N2O3S/c1-12-2-4-13(5-3-12)11-20-17(22)8-9-21-25(23,24)14-6-7-15(18)16(19)10-14/h2-7,10,21H,8-9,11H2,1H3,(H,20,22). The van der Waals surface area contributed by atoms with Crippen molar-refractivity contribution < 1.29 is 22.0 Å². The molecule has 2 rings (SSSR count). The maximum atomic E-state index is 13.1. The van der Waals surface area contributed by atoms with Gasteiger partial charge in [0.25, 0.3) is 0 Å². The topological polar surface area (TPSA) is 75.3 Å². The van der Waals surface area contributed by atoms with E-state index in [0.29, 0.717) is 12.6 Å². The van der Waals surface area contributed by atoms with Gasteiger partial charge >= 0.3 is 0 Å². The zero-order chi connectivity index (χ0) is 18.4. The molecular weight excluding hydrogens is 350 g/mol. The van der Waals surface area contributed by atoms with Crippen LogP contribution in [0.1, 0.15) is 17.5 Å². The van der Waals surface area contributed by atoms with E-state index in [9.17, 15) is 22.0 Å². The fourth-order valence-electron chi connectivity index (χ4n) is 2.02. The van der Waals surface area contributed by atoms with E-state index < -0.39 is 26.6 Å². The number of hydrogen-bond acceptors (Lipinski definition) is 3. The first-order valence-electron chi connectivity index (χ1n) is 7.55. The summed E-state index contributed by atoms with van der Waals surface area (Å²) in [4.78, 5) is 11.4. The van der Waals surface area contributed by atoms with Gasteiger partial charge in [0.2, 0.25) is 15.9 Å². The van der Waals surface area contributed by atoms with E-state index in [1.807, 2.05) is 31.2 Å². The Balaban J connectivity index is 1.81. The molecule has 0 saturated carbocycles. The Kier molecular flexibility index (Phi) is 6.22. The highest BCUT2D eigenvalue weighted by atomic mass is 32.2. The zero-order valence-electron chi connectivity index (χ0n) is 13.6. The number of amides is 1. The van der Waals surface area contributed by atoms with Gasteiger partial charge in [-0.05, 0) is 30.7 Å². The van der Waals surface area contributed by atoms with E-state index in [0.717, 1.165) is 23.3 Å². The van der Waals surface area contributed by atoms with Gasteiger partial charge in [0, 0.05) is 19.5 Å². The van der Waals surface area contributed by atoms with Crippen molar-refractivity contribution in [1.29, 1.82) is 0 Å². The lowest BCUT2D eigenvalue weighted by Gasteiger charge is -2.08. The van der Waals surface area contributed by atoms with Gasteiger partial charge in [0.05, 0.1) is 4.90 Å². The Bertz CT molecular complexity index is 853. The van der Waals surface area contributed by atoms with Crippen LogP contribution in [-0.4, -0.2) is 20.9 Å². The third-order valence-electron chi connectivity index (χ3n) is 3.46. The highest BCUT2D eigenvalue weighted by Crippen LogP contribution is 2.13. The van der Waals surface area contributed by atoms with Crippen molar-refractivity contribution in [2.24, 2.45) is 0 Å². The highest BCUT2D eigenvalue weighted by Gasteiger charge is 2.16. The zero-order valence-corrected chi connectivity index (χ0v) is 14.4. The maximum Gasteiger partial charge on any atom is 0.240 e. The second-order valence-corrected chi connectivity index (χ2v) is 7.25. The first-order chi connectivity index (χ1) is 11.8. The van der Waals surface area contributed by atoms with Crippen LogP contribution in [0.4, 0.5) is 8.78 Å². The molecule has 1 amide bonds. The van der Waals surface area contributed by atoms with E-state index in [-0.39, 0.29) is 18.9 Å². The highest BCUT2D eigenvalue weighted by molar-refractivity contribution is 7.89. The van der Waals surface area contributed by atoms with Gasteiger partial charge in [-0.2, -0.15) is 0 Å². The molecule has 0 aliphatic carbocycles. The molecule has 8 heteroatoms. The Morgan fingerprint density at radius 3 is 2.36 bits per heavy atom. The summed E-state index contributed by atoms with van der Waals surface area (Å²) in [6, 6.07) is 9.92. The monoisotopic (exact) mass is 368 g/mol. The van der Waals surface area contributed by atoms with Crippen LogP contribution in [0.2, 0.25) is 0 Å². The van der Waals surface area contributed by atoms with Crippen molar-refractivity contribution in [3.05, 3.63) is 65.2 Å². The number of rotatable bonds is 7. The van der Waals surface area contributed by atoms with Crippen molar-refractivity contribution in [1.82, 2.24) is 10.0 Å². The minimum absolute atomic E-state index is 0.0746. The number of hydrogen-bond donors (Lipinski definition) is 2. The second-order valence-electron chi connectivity index (χ2n) is 5.49. The van der Waals surface area contributed by atoms with E-state index in [1.54, 1.807) is 0 Å². The lowest BCUT2D eigenvalue weighted by molar-refractivity contribution is -0.121. The van der Waals surface area contributed by atoms with Gasteiger partial charge in [-0.25, -0.2) is 21.9 Å². The van der Waals surface area contributed by atoms with Crippen molar-refractivity contribution >= 4 is 15.9 Å². The number of sulfonamides is 1. The van der Waals surface area contributed by atoms with E-state index >= 15 is 0 Å². The normalized spacial score (nSPS) is 11.3. The van der Waals surface area contributed by atoms with Crippen molar-refractivity contribution in [3.8, 4) is 0 Å². The summed E-state index contributed by atoms with van der Waals surface area (Å²) in [7, 11) is -4.00. The second kappa shape index (κ2) is 8.17. The molecule has 0 spiro atoms. The van der Waals surface area contributed by atoms with Crippen LogP contribution in [0.3, 0.4) is 0 Å². The van der Waals surface area contributed by atoms with E-state index in [1.165, 1.54) is 0 Å². The van der Waals surface area contributed by atoms with Crippen molar-refractivity contribution in [2.75, 3.05) is 6.54 Å². The van der Waals surface area contributed by atoms with Gasteiger partial charge in [-0.15, -0.1) is 0 Å².